The van der Waals surface area contributed by atoms with Gasteiger partial charge in [0.05, 0.1) is 30.9 Å². The fourth-order valence-electron chi connectivity index (χ4n) is 3.46. The molecule has 8 heteroatoms. The minimum atomic E-state index is -3.89. The van der Waals surface area contributed by atoms with Crippen molar-refractivity contribution in [3.8, 4) is 11.5 Å². The topological polar surface area (TPSA) is 68.2 Å². The van der Waals surface area contributed by atoms with Gasteiger partial charge in [0.1, 0.15) is 11.5 Å². The molecule has 1 aliphatic heterocycles. The first kappa shape index (κ1) is 21.2. The molecule has 31 heavy (non-hydrogen) atoms. The number of sulfonamides is 1. The molecular formula is C23H21ClN2O4S. The van der Waals surface area contributed by atoms with E-state index in [-0.39, 0.29) is 4.90 Å². The van der Waals surface area contributed by atoms with Gasteiger partial charge in [-0.3, -0.25) is 0 Å². The van der Waals surface area contributed by atoms with Crippen LogP contribution in [0.3, 0.4) is 0 Å². The standard InChI is InChI=1S/C23H21ClN2O4S/c1-29-19-9-3-16(4-10-19)22-15-23(17-5-11-20(30-2)12-6-17)26(25-22)31(27,28)21-13-7-18(24)8-14-21/h3-14,23H,15H2,1-2H3. The van der Waals surface area contributed by atoms with E-state index >= 15 is 0 Å². The summed E-state index contributed by atoms with van der Waals surface area (Å²) in [7, 11) is -0.701. The minimum Gasteiger partial charge on any atom is -0.497 e. The van der Waals surface area contributed by atoms with Crippen LogP contribution >= 0.6 is 11.6 Å². The van der Waals surface area contributed by atoms with Crippen molar-refractivity contribution in [3.63, 3.8) is 0 Å². The largest absolute Gasteiger partial charge is 0.497 e. The van der Waals surface area contributed by atoms with E-state index in [2.05, 4.69) is 5.10 Å². The molecule has 0 bridgehead atoms. The van der Waals surface area contributed by atoms with Gasteiger partial charge in [0, 0.05) is 11.4 Å². The summed E-state index contributed by atoms with van der Waals surface area (Å²) in [5.41, 5.74) is 2.35. The van der Waals surface area contributed by atoms with E-state index in [1.54, 1.807) is 26.4 Å². The summed E-state index contributed by atoms with van der Waals surface area (Å²) in [5.74, 6) is 1.42. The van der Waals surface area contributed by atoms with E-state index in [0.717, 1.165) is 16.9 Å². The average Bonchev–Trinajstić information content (AvgIpc) is 3.26. The summed E-state index contributed by atoms with van der Waals surface area (Å²) in [6, 6.07) is 20.4. The highest BCUT2D eigenvalue weighted by molar-refractivity contribution is 7.89. The molecular weight excluding hydrogens is 436 g/mol. The Balaban J connectivity index is 1.76. The Bertz CT molecular complexity index is 1190. The van der Waals surface area contributed by atoms with E-state index in [0.29, 0.717) is 22.9 Å². The Hall–Kier alpha value is -3.03. The molecule has 0 saturated heterocycles. The van der Waals surface area contributed by atoms with Crippen molar-refractivity contribution in [1.82, 2.24) is 4.41 Å². The van der Waals surface area contributed by atoms with Gasteiger partial charge in [0.2, 0.25) is 0 Å². The lowest BCUT2D eigenvalue weighted by Gasteiger charge is -2.23. The smallest absolute Gasteiger partial charge is 0.279 e. The summed E-state index contributed by atoms with van der Waals surface area (Å²) in [4.78, 5) is 0.134. The number of benzene rings is 3. The van der Waals surface area contributed by atoms with Gasteiger partial charge in [-0.15, -0.1) is 0 Å². The van der Waals surface area contributed by atoms with Gasteiger partial charge in [-0.2, -0.15) is 17.9 Å². The Morgan fingerprint density at radius 2 is 1.42 bits per heavy atom. The van der Waals surface area contributed by atoms with Crippen molar-refractivity contribution in [2.45, 2.75) is 17.4 Å². The lowest BCUT2D eigenvalue weighted by atomic mass is 9.99. The van der Waals surface area contributed by atoms with Gasteiger partial charge in [-0.05, 0) is 71.8 Å². The Labute approximate surface area is 186 Å². The van der Waals surface area contributed by atoms with Crippen LogP contribution in [-0.2, 0) is 10.0 Å². The number of nitrogens with zero attached hydrogens (tertiary/aromatic N) is 2. The third-order valence-corrected chi connectivity index (χ3v) is 7.10. The number of hydrazone groups is 1. The first-order valence-electron chi connectivity index (χ1n) is 9.58. The van der Waals surface area contributed by atoms with E-state index in [1.165, 1.54) is 16.5 Å². The molecule has 0 fully saturated rings. The second-order valence-electron chi connectivity index (χ2n) is 7.00. The van der Waals surface area contributed by atoms with Gasteiger partial charge >= 0.3 is 0 Å². The molecule has 160 valence electrons. The minimum absolute atomic E-state index is 0.134. The molecule has 0 radical (unpaired) electrons. The highest BCUT2D eigenvalue weighted by Gasteiger charge is 2.37. The number of rotatable bonds is 6. The monoisotopic (exact) mass is 456 g/mol. The van der Waals surface area contributed by atoms with Crippen molar-refractivity contribution >= 4 is 27.3 Å². The zero-order chi connectivity index (χ0) is 22.0. The predicted octanol–water partition coefficient (Wildman–Crippen LogP) is 4.90. The predicted molar refractivity (Wildman–Crippen MR) is 120 cm³/mol. The van der Waals surface area contributed by atoms with E-state index in [9.17, 15) is 8.42 Å². The molecule has 1 atom stereocenters. The maximum atomic E-state index is 13.5. The van der Waals surface area contributed by atoms with E-state index in [1.807, 2.05) is 48.5 Å². The van der Waals surface area contributed by atoms with Gasteiger partial charge in [0.25, 0.3) is 10.0 Å². The number of halogens is 1. The first-order valence-corrected chi connectivity index (χ1v) is 11.4. The van der Waals surface area contributed by atoms with Crippen LogP contribution in [0, 0.1) is 0 Å². The van der Waals surface area contributed by atoms with Crippen molar-refractivity contribution in [2.24, 2.45) is 5.10 Å². The fraction of sp³-hybridized carbons (Fsp3) is 0.174. The third-order valence-electron chi connectivity index (χ3n) is 5.15. The summed E-state index contributed by atoms with van der Waals surface area (Å²) in [6.45, 7) is 0. The zero-order valence-electron chi connectivity index (χ0n) is 17.0. The van der Waals surface area contributed by atoms with Crippen LogP contribution in [0.1, 0.15) is 23.6 Å². The molecule has 0 spiro atoms. The second kappa shape index (κ2) is 8.61. The van der Waals surface area contributed by atoms with Crippen LogP contribution in [0.25, 0.3) is 0 Å². The molecule has 0 aromatic heterocycles. The van der Waals surface area contributed by atoms with Crippen LogP contribution in [0.5, 0.6) is 11.5 Å². The highest BCUT2D eigenvalue weighted by Crippen LogP contribution is 2.38. The molecule has 6 nitrogen and oxygen atoms in total. The molecule has 0 N–H and O–H groups in total. The number of methoxy groups -OCH3 is 2. The lowest BCUT2D eigenvalue weighted by Crippen LogP contribution is -2.27. The molecule has 3 aromatic carbocycles. The fourth-order valence-corrected chi connectivity index (χ4v) is 5.02. The maximum Gasteiger partial charge on any atom is 0.279 e. The summed E-state index contributed by atoms with van der Waals surface area (Å²) in [6.07, 6.45) is 0.436. The molecule has 1 heterocycles. The van der Waals surface area contributed by atoms with Crippen molar-refractivity contribution in [2.75, 3.05) is 14.2 Å². The van der Waals surface area contributed by atoms with Crippen LogP contribution in [0.2, 0.25) is 5.02 Å². The summed E-state index contributed by atoms with van der Waals surface area (Å²) >= 11 is 5.94. The van der Waals surface area contributed by atoms with Crippen LogP contribution in [-0.4, -0.2) is 32.8 Å². The quantitative estimate of drug-likeness (QED) is 0.529. The van der Waals surface area contributed by atoms with Gasteiger partial charge in [-0.1, -0.05) is 23.7 Å². The van der Waals surface area contributed by atoms with Crippen LogP contribution in [0.15, 0.2) is 82.8 Å². The van der Waals surface area contributed by atoms with Gasteiger partial charge in [-0.25, -0.2) is 0 Å². The van der Waals surface area contributed by atoms with Gasteiger partial charge in [0.15, 0.2) is 0 Å². The second-order valence-corrected chi connectivity index (χ2v) is 9.23. The van der Waals surface area contributed by atoms with E-state index < -0.39 is 16.1 Å². The summed E-state index contributed by atoms with van der Waals surface area (Å²) in [5, 5.41) is 5.01. The maximum absolute atomic E-state index is 13.5. The van der Waals surface area contributed by atoms with Crippen LogP contribution in [0.4, 0.5) is 0 Å². The SMILES string of the molecule is COc1ccc(C2=NN(S(=O)(=O)c3ccc(Cl)cc3)C(c3ccc(OC)cc3)C2)cc1. The molecule has 0 aliphatic carbocycles. The van der Waals surface area contributed by atoms with Crippen LogP contribution < -0.4 is 9.47 Å². The lowest BCUT2D eigenvalue weighted by molar-refractivity contribution is 0.370. The number of hydrogen-bond acceptors (Lipinski definition) is 5. The molecule has 3 aromatic rings. The molecule has 1 unspecified atom stereocenters. The molecule has 1 aliphatic rings. The van der Waals surface area contributed by atoms with E-state index in [4.69, 9.17) is 21.1 Å². The third kappa shape index (κ3) is 4.24. The number of hydrogen-bond donors (Lipinski definition) is 0. The average molecular weight is 457 g/mol. The van der Waals surface area contributed by atoms with Crippen molar-refractivity contribution < 1.29 is 17.9 Å². The highest BCUT2D eigenvalue weighted by atomic mass is 35.5. The Morgan fingerprint density at radius 3 is 1.97 bits per heavy atom. The molecule has 4 rings (SSSR count). The van der Waals surface area contributed by atoms with Gasteiger partial charge < -0.3 is 9.47 Å². The van der Waals surface area contributed by atoms with Crippen molar-refractivity contribution in [3.05, 3.63) is 88.9 Å². The summed E-state index contributed by atoms with van der Waals surface area (Å²) < 4.78 is 38.6. The Morgan fingerprint density at radius 1 is 0.871 bits per heavy atom. The normalized spacial score (nSPS) is 16.2. The molecule has 0 saturated carbocycles. The molecule has 0 amide bonds. The first-order chi connectivity index (χ1) is 14.9. The van der Waals surface area contributed by atoms with Crippen molar-refractivity contribution in [1.29, 1.82) is 0 Å². The number of ether oxygens (including phenoxy) is 2. The Kier molecular flexibility index (Phi) is 5.89. The zero-order valence-corrected chi connectivity index (χ0v) is 18.6.